The second-order valence-electron chi connectivity index (χ2n) is 3.74. The summed E-state index contributed by atoms with van der Waals surface area (Å²) in [4.78, 5) is 15.2. The van der Waals surface area contributed by atoms with Crippen molar-refractivity contribution in [2.75, 3.05) is 6.54 Å². The van der Waals surface area contributed by atoms with E-state index in [0.29, 0.717) is 18.1 Å². The molecule has 3 N–H and O–H groups in total. The van der Waals surface area contributed by atoms with Gasteiger partial charge in [-0.05, 0) is 13.3 Å². The summed E-state index contributed by atoms with van der Waals surface area (Å²) in [6.45, 7) is 4.09. The first-order chi connectivity index (χ1) is 8.11. The van der Waals surface area contributed by atoms with E-state index in [2.05, 4.69) is 20.8 Å². The molecule has 1 atom stereocenters. The van der Waals surface area contributed by atoms with E-state index in [-0.39, 0.29) is 19.1 Å². The van der Waals surface area contributed by atoms with E-state index in [1.54, 1.807) is 6.92 Å². The van der Waals surface area contributed by atoms with Crippen LogP contribution in [0.4, 0.5) is 4.79 Å². The summed E-state index contributed by atoms with van der Waals surface area (Å²) in [5, 5.41) is 18.1. The Labute approximate surface area is 99.6 Å². The van der Waals surface area contributed by atoms with Crippen molar-refractivity contribution in [1.82, 2.24) is 20.8 Å². The number of carbonyl (C=O) groups excluding carboxylic acids is 1. The van der Waals surface area contributed by atoms with E-state index < -0.39 is 6.10 Å². The Hall–Kier alpha value is -1.63. The Kier molecular flexibility index (Phi) is 5.41. The van der Waals surface area contributed by atoms with Crippen LogP contribution < -0.4 is 10.6 Å². The Morgan fingerprint density at radius 2 is 2.29 bits per heavy atom. The van der Waals surface area contributed by atoms with Gasteiger partial charge in [0, 0.05) is 6.54 Å². The predicted octanol–water partition coefficient (Wildman–Crippen LogP) is 0.338. The third kappa shape index (κ3) is 5.30. The summed E-state index contributed by atoms with van der Waals surface area (Å²) in [6.07, 6.45) is 1.05. The van der Waals surface area contributed by atoms with Crippen LogP contribution >= 0.6 is 0 Å². The normalized spacial score (nSPS) is 12.2. The first-order valence-electron chi connectivity index (χ1n) is 5.60. The minimum absolute atomic E-state index is 0.177. The zero-order valence-electron chi connectivity index (χ0n) is 10.1. The summed E-state index contributed by atoms with van der Waals surface area (Å²) >= 11 is 0. The molecular formula is C10H18N4O3. The van der Waals surface area contributed by atoms with Crippen molar-refractivity contribution in [3.05, 3.63) is 11.7 Å². The van der Waals surface area contributed by atoms with Crippen molar-refractivity contribution in [3.8, 4) is 0 Å². The first kappa shape index (κ1) is 13.4. The van der Waals surface area contributed by atoms with E-state index in [1.807, 2.05) is 6.92 Å². The second kappa shape index (κ2) is 6.85. The number of nitrogens with one attached hydrogen (secondary N) is 2. The molecule has 2 amide bonds. The number of hydrogen-bond donors (Lipinski definition) is 3. The molecule has 96 valence electrons. The maximum Gasteiger partial charge on any atom is 0.315 e. The molecule has 0 saturated heterocycles. The molecule has 0 spiro atoms. The van der Waals surface area contributed by atoms with Crippen molar-refractivity contribution in [3.63, 3.8) is 0 Å². The van der Waals surface area contributed by atoms with Crippen LogP contribution in [-0.2, 0) is 6.54 Å². The van der Waals surface area contributed by atoms with Crippen molar-refractivity contribution in [2.24, 2.45) is 0 Å². The number of rotatable bonds is 6. The van der Waals surface area contributed by atoms with Gasteiger partial charge in [-0.15, -0.1) is 0 Å². The minimum Gasteiger partial charge on any atom is -0.391 e. The molecule has 0 bridgehead atoms. The van der Waals surface area contributed by atoms with Crippen molar-refractivity contribution >= 4 is 6.03 Å². The van der Waals surface area contributed by atoms with E-state index in [1.165, 1.54) is 0 Å². The van der Waals surface area contributed by atoms with Crippen LogP contribution in [0.3, 0.4) is 0 Å². The van der Waals surface area contributed by atoms with E-state index in [9.17, 15) is 9.90 Å². The van der Waals surface area contributed by atoms with Crippen molar-refractivity contribution in [2.45, 2.75) is 39.3 Å². The Balaban J connectivity index is 2.17. The van der Waals surface area contributed by atoms with Gasteiger partial charge in [0.25, 0.3) is 0 Å². The van der Waals surface area contributed by atoms with Gasteiger partial charge in [0.05, 0.1) is 12.6 Å². The highest BCUT2D eigenvalue weighted by atomic mass is 16.5. The lowest BCUT2D eigenvalue weighted by molar-refractivity contribution is 0.160. The summed E-state index contributed by atoms with van der Waals surface area (Å²) in [6, 6.07) is -0.365. The lowest BCUT2D eigenvalue weighted by Crippen LogP contribution is -2.39. The Morgan fingerprint density at radius 3 is 2.88 bits per heavy atom. The largest absolute Gasteiger partial charge is 0.391 e. The highest BCUT2D eigenvalue weighted by Gasteiger charge is 2.07. The first-order valence-corrected chi connectivity index (χ1v) is 5.60. The molecular weight excluding hydrogens is 224 g/mol. The number of hydrogen-bond acceptors (Lipinski definition) is 5. The maximum absolute atomic E-state index is 11.3. The van der Waals surface area contributed by atoms with Crippen LogP contribution in [0.25, 0.3) is 0 Å². The van der Waals surface area contributed by atoms with Crippen molar-refractivity contribution in [1.29, 1.82) is 0 Å². The van der Waals surface area contributed by atoms with Gasteiger partial charge in [-0.2, -0.15) is 4.98 Å². The molecule has 0 saturated carbocycles. The highest BCUT2D eigenvalue weighted by molar-refractivity contribution is 5.73. The molecule has 7 heteroatoms. The number of nitrogens with zero attached hydrogens (tertiary/aromatic N) is 2. The fourth-order valence-electron chi connectivity index (χ4n) is 1.28. The number of carbonyl (C=O) groups is 1. The van der Waals surface area contributed by atoms with Crippen LogP contribution in [0, 0.1) is 6.92 Å². The molecule has 0 aliphatic heterocycles. The van der Waals surface area contributed by atoms with Gasteiger partial charge in [-0.1, -0.05) is 18.5 Å². The summed E-state index contributed by atoms with van der Waals surface area (Å²) in [5.41, 5.74) is 0. The third-order valence-electron chi connectivity index (χ3n) is 2.09. The molecule has 1 rings (SSSR count). The number of aliphatic hydroxyl groups excluding tert-OH is 1. The second-order valence-corrected chi connectivity index (χ2v) is 3.74. The monoisotopic (exact) mass is 242 g/mol. The summed E-state index contributed by atoms with van der Waals surface area (Å²) < 4.78 is 4.83. The smallest absolute Gasteiger partial charge is 0.315 e. The standard InChI is InChI=1S/C10H18N4O3/c1-3-4-8(15)5-11-10(16)12-6-9-13-7(2)14-17-9/h8,15H,3-6H2,1-2H3,(H2,11,12,16). The van der Waals surface area contributed by atoms with E-state index in [4.69, 9.17) is 4.52 Å². The Morgan fingerprint density at radius 1 is 1.53 bits per heavy atom. The average molecular weight is 242 g/mol. The van der Waals surface area contributed by atoms with Crippen LogP contribution in [0.1, 0.15) is 31.5 Å². The van der Waals surface area contributed by atoms with Gasteiger partial charge >= 0.3 is 6.03 Å². The topological polar surface area (TPSA) is 100 Å². The summed E-state index contributed by atoms with van der Waals surface area (Å²) in [7, 11) is 0. The average Bonchev–Trinajstić information content (AvgIpc) is 2.70. The molecule has 0 aromatic carbocycles. The van der Waals surface area contributed by atoms with Crippen LogP contribution in [0.15, 0.2) is 4.52 Å². The minimum atomic E-state index is -0.503. The van der Waals surface area contributed by atoms with Crippen LogP contribution in [0.2, 0.25) is 0 Å². The zero-order valence-corrected chi connectivity index (χ0v) is 10.1. The molecule has 17 heavy (non-hydrogen) atoms. The van der Waals surface area contributed by atoms with Gasteiger partial charge in [-0.25, -0.2) is 4.79 Å². The highest BCUT2D eigenvalue weighted by Crippen LogP contribution is 1.95. The molecule has 1 heterocycles. The molecule has 0 radical (unpaired) electrons. The number of amides is 2. The van der Waals surface area contributed by atoms with E-state index >= 15 is 0 Å². The Bertz CT molecular complexity index is 353. The van der Waals surface area contributed by atoms with E-state index in [0.717, 1.165) is 6.42 Å². The molecule has 1 aromatic heterocycles. The number of aryl methyl sites for hydroxylation is 1. The maximum atomic E-state index is 11.3. The predicted molar refractivity (Wildman–Crippen MR) is 60.2 cm³/mol. The SMILES string of the molecule is CCCC(O)CNC(=O)NCc1nc(C)no1. The molecule has 0 aliphatic rings. The molecule has 0 fully saturated rings. The fraction of sp³-hybridized carbons (Fsp3) is 0.700. The molecule has 1 unspecified atom stereocenters. The molecule has 0 aliphatic carbocycles. The van der Waals surface area contributed by atoms with Gasteiger partial charge in [0.15, 0.2) is 5.82 Å². The number of aromatic nitrogens is 2. The van der Waals surface area contributed by atoms with Crippen molar-refractivity contribution < 1.29 is 14.4 Å². The molecule has 1 aromatic rings. The van der Waals surface area contributed by atoms with Gasteiger partial charge in [-0.3, -0.25) is 0 Å². The zero-order chi connectivity index (χ0) is 12.7. The number of urea groups is 1. The van der Waals surface area contributed by atoms with Gasteiger partial charge in [0.1, 0.15) is 0 Å². The lowest BCUT2D eigenvalue weighted by atomic mass is 10.2. The third-order valence-corrected chi connectivity index (χ3v) is 2.09. The van der Waals surface area contributed by atoms with Crippen LogP contribution in [0.5, 0.6) is 0 Å². The van der Waals surface area contributed by atoms with Gasteiger partial charge < -0.3 is 20.3 Å². The quantitative estimate of drug-likeness (QED) is 0.667. The number of aliphatic hydroxyl groups is 1. The molecule has 7 nitrogen and oxygen atoms in total. The summed E-state index contributed by atoms with van der Waals surface area (Å²) in [5.74, 6) is 0.882. The fourth-order valence-corrected chi connectivity index (χ4v) is 1.28. The van der Waals surface area contributed by atoms with Crippen LogP contribution in [-0.4, -0.2) is 33.9 Å². The van der Waals surface area contributed by atoms with Gasteiger partial charge in [0.2, 0.25) is 5.89 Å². The lowest BCUT2D eigenvalue weighted by Gasteiger charge is -2.10.